The van der Waals surface area contributed by atoms with E-state index in [-0.39, 0.29) is 19.0 Å². The summed E-state index contributed by atoms with van der Waals surface area (Å²) in [4.78, 5) is 50.9. The van der Waals surface area contributed by atoms with Gasteiger partial charge in [0.2, 0.25) is 0 Å². The second-order valence-corrected chi connectivity index (χ2v) is 7.52. The number of imide groups is 1. The van der Waals surface area contributed by atoms with Crippen LogP contribution in [0.25, 0.3) is 0 Å². The van der Waals surface area contributed by atoms with Crippen LogP contribution in [0, 0.1) is 0 Å². The molecule has 1 aromatic rings. The molecule has 0 spiro atoms. The van der Waals surface area contributed by atoms with Gasteiger partial charge in [0.05, 0.1) is 7.05 Å². The molecule has 1 unspecified atom stereocenters. The predicted octanol–water partition coefficient (Wildman–Crippen LogP) is -1.44. The first-order valence-electron chi connectivity index (χ1n) is 9.14. The van der Waals surface area contributed by atoms with Gasteiger partial charge in [-0.3, -0.25) is 19.8 Å². The summed E-state index contributed by atoms with van der Waals surface area (Å²) in [5, 5.41) is 3.39. The van der Waals surface area contributed by atoms with Crippen molar-refractivity contribution in [3.63, 3.8) is 0 Å². The normalized spacial score (nSPS) is 19.9. The summed E-state index contributed by atoms with van der Waals surface area (Å²) >= 11 is 0. The Labute approximate surface area is 164 Å². The quantitative estimate of drug-likeness (QED) is 0.473. The Hall–Kier alpha value is -2.94. The van der Waals surface area contributed by atoms with Crippen LogP contribution in [-0.2, 0) is 20.8 Å². The number of amides is 5. The van der Waals surface area contributed by atoms with Crippen LogP contribution in [0.3, 0.4) is 0 Å². The smallest absolute Gasteiger partial charge is 0.344 e. The van der Waals surface area contributed by atoms with E-state index < -0.39 is 23.4 Å². The zero-order valence-corrected chi connectivity index (χ0v) is 16.7. The molecule has 2 atom stereocenters. The summed E-state index contributed by atoms with van der Waals surface area (Å²) in [6.45, 7) is 1.74. The van der Waals surface area contributed by atoms with Gasteiger partial charge in [-0.05, 0) is 25.3 Å². The number of nitrogens with one attached hydrogen (secondary N) is 3. The van der Waals surface area contributed by atoms with Gasteiger partial charge in [-0.2, -0.15) is 5.01 Å². The van der Waals surface area contributed by atoms with Gasteiger partial charge in [0.1, 0.15) is 5.54 Å². The molecule has 9 nitrogen and oxygen atoms in total. The number of hydrogen-bond acceptors (Lipinski definition) is 4. The molecule has 0 saturated carbocycles. The molecule has 0 bridgehead atoms. The lowest BCUT2D eigenvalue weighted by Crippen LogP contribution is -3.11. The lowest BCUT2D eigenvalue weighted by molar-refractivity contribution is -0.863. The number of hydrazine groups is 1. The van der Waals surface area contributed by atoms with E-state index in [0.717, 1.165) is 10.6 Å². The number of rotatable bonds is 8. The summed E-state index contributed by atoms with van der Waals surface area (Å²) in [6.07, 6.45) is 1.03. The van der Waals surface area contributed by atoms with E-state index in [1.807, 2.05) is 30.3 Å². The molecular weight excluding hydrogens is 362 g/mol. The standard InChI is InChI=1S/C19H27N5O4/c1-19(11-10-14-8-6-5-7-9-14)17(27)24(18(28)20-19)21-15(25)12-23(4)13-16(26)22(2)3/h5-9H,10-13H2,1-4H3,(H,20,28)(H,21,25)/p+1/t19-/m0/s1. The fourth-order valence-corrected chi connectivity index (χ4v) is 2.91. The van der Waals surface area contributed by atoms with Gasteiger partial charge in [0, 0.05) is 14.1 Å². The highest BCUT2D eigenvalue weighted by Crippen LogP contribution is 2.22. The topological polar surface area (TPSA) is 103 Å². The maximum atomic E-state index is 12.7. The van der Waals surface area contributed by atoms with Crippen LogP contribution in [0.2, 0.25) is 0 Å². The molecule has 0 radical (unpaired) electrons. The van der Waals surface area contributed by atoms with Crippen molar-refractivity contribution < 1.29 is 24.1 Å². The second-order valence-electron chi connectivity index (χ2n) is 7.52. The van der Waals surface area contributed by atoms with Crippen molar-refractivity contribution >= 4 is 23.8 Å². The number of hydrogen-bond donors (Lipinski definition) is 3. The highest BCUT2D eigenvalue weighted by atomic mass is 16.2. The number of urea groups is 1. The van der Waals surface area contributed by atoms with E-state index >= 15 is 0 Å². The fraction of sp³-hybridized carbons (Fsp3) is 0.474. The van der Waals surface area contributed by atoms with Crippen molar-refractivity contribution in [1.29, 1.82) is 0 Å². The zero-order valence-electron chi connectivity index (χ0n) is 16.7. The van der Waals surface area contributed by atoms with Crippen molar-refractivity contribution in [2.24, 2.45) is 0 Å². The van der Waals surface area contributed by atoms with Gasteiger partial charge in [0.15, 0.2) is 13.1 Å². The molecule has 1 aliphatic heterocycles. The van der Waals surface area contributed by atoms with Gasteiger partial charge in [-0.1, -0.05) is 30.3 Å². The summed E-state index contributed by atoms with van der Waals surface area (Å²) < 4.78 is 0. The largest absolute Gasteiger partial charge is 0.344 e. The van der Waals surface area contributed by atoms with Crippen molar-refractivity contribution in [2.75, 3.05) is 34.2 Å². The first kappa shape index (κ1) is 21.4. The van der Waals surface area contributed by atoms with Crippen LogP contribution in [0.1, 0.15) is 18.9 Å². The third-order valence-electron chi connectivity index (χ3n) is 4.67. The minimum atomic E-state index is -1.08. The minimum Gasteiger partial charge on any atom is -0.344 e. The SMILES string of the molecule is CN(C)C(=O)C[NH+](C)CC(=O)NN1C(=O)N[C@@](C)(CCc2ccccc2)C1=O. The molecule has 152 valence electrons. The average Bonchev–Trinajstić information content (AvgIpc) is 2.84. The molecule has 2 rings (SSSR count). The molecule has 0 aliphatic carbocycles. The van der Waals surface area contributed by atoms with Crippen molar-refractivity contribution in [3.8, 4) is 0 Å². The van der Waals surface area contributed by atoms with Gasteiger partial charge in [0.25, 0.3) is 17.7 Å². The Morgan fingerprint density at radius 2 is 1.82 bits per heavy atom. The summed E-state index contributed by atoms with van der Waals surface area (Å²) in [6, 6.07) is 9.00. The van der Waals surface area contributed by atoms with E-state index in [1.165, 1.54) is 4.90 Å². The van der Waals surface area contributed by atoms with Crippen molar-refractivity contribution in [3.05, 3.63) is 35.9 Å². The first-order valence-corrected chi connectivity index (χ1v) is 9.14. The fourth-order valence-electron chi connectivity index (χ4n) is 2.91. The summed E-state index contributed by atoms with van der Waals surface area (Å²) in [7, 11) is 4.97. The summed E-state index contributed by atoms with van der Waals surface area (Å²) in [5.74, 6) is -1.13. The van der Waals surface area contributed by atoms with E-state index in [2.05, 4.69) is 10.7 Å². The third kappa shape index (κ3) is 5.29. The van der Waals surface area contributed by atoms with Crippen LogP contribution >= 0.6 is 0 Å². The highest BCUT2D eigenvalue weighted by Gasteiger charge is 2.48. The molecule has 1 fully saturated rings. The average molecular weight is 390 g/mol. The third-order valence-corrected chi connectivity index (χ3v) is 4.67. The molecule has 0 aromatic heterocycles. The van der Waals surface area contributed by atoms with E-state index in [4.69, 9.17) is 0 Å². The van der Waals surface area contributed by atoms with E-state index in [1.54, 1.807) is 28.1 Å². The van der Waals surface area contributed by atoms with E-state index in [9.17, 15) is 19.2 Å². The van der Waals surface area contributed by atoms with Crippen molar-refractivity contribution in [1.82, 2.24) is 20.7 Å². The zero-order chi connectivity index (χ0) is 20.9. The molecule has 1 heterocycles. The molecule has 28 heavy (non-hydrogen) atoms. The Bertz CT molecular complexity index is 752. The second kappa shape index (κ2) is 8.83. The molecule has 9 heteroatoms. The Kier molecular flexibility index (Phi) is 6.74. The molecule has 5 amide bonds. The molecule has 3 N–H and O–H groups in total. The molecule has 1 aliphatic rings. The monoisotopic (exact) mass is 390 g/mol. The minimum absolute atomic E-state index is 0.0443. The Morgan fingerprint density at radius 1 is 1.18 bits per heavy atom. The van der Waals surface area contributed by atoms with Gasteiger partial charge in [-0.25, -0.2) is 4.79 Å². The number of benzene rings is 1. The number of aryl methyl sites for hydroxylation is 1. The van der Waals surface area contributed by atoms with Gasteiger partial charge in [-0.15, -0.1) is 0 Å². The van der Waals surface area contributed by atoms with Gasteiger partial charge >= 0.3 is 6.03 Å². The number of likely N-dealkylation sites (N-methyl/N-ethyl adjacent to an activating group) is 2. The summed E-state index contributed by atoms with van der Waals surface area (Å²) in [5.41, 5.74) is 2.33. The lowest BCUT2D eigenvalue weighted by Gasteiger charge is -2.22. The van der Waals surface area contributed by atoms with Crippen LogP contribution in [0.15, 0.2) is 30.3 Å². The lowest BCUT2D eigenvalue weighted by atomic mass is 9.93. The maximum absolute atomic E-state index is 12.7. The molecular formula is C19H28N5O4+. The Morgan fingerprint density at radius 3 is 2.43 bits per heavy atom. The first-order chi connectivity index (χ1) is 13.1. The van der Waals surface area contributed by atoms with Crippen molar-refractivity contribution in [2.45, 2.75) is 25.3 Å². The number of carbonyl (C=O) groups is 4. The van der Waals surface area contributed by atoms with Crippen LogP contribution in [-0.4, -0.2) is 73.4 Å². The highest BCUT2D eigenvalue weighted by molar-refractivity contribution is 6.07. The Balaban J connectivity index is 1.91. The van der Waals surface area contributed by atoms with E-state index in [0.29, 0.717) is 17.7 Å². The van der Waals surface area contributed by atoms with Gasteiger partial charge < -0.3 is 15.1 Å². The maximum Gasteiger partial charge on any atom is 0.344 e. The number of nitrogens with zero attached hydrogens (tertiary/aromatic N) is 2. The number of carbonyl (C=O) groups excluding carboxylic acids is 4. The molecule has 1 saturated heterocycles. The van der Waals surface area contributed by atoms with Crippen LogP contribution in [0.4, 0.5) is 4.79 Å². The van der Waals surface area contributed by atoms with Crippen LogP contribution in [0.5, 0.6) is 0 Å². The van der Waals surface area contributed by atoms with Crippen LogP contribution < -0.4 is 15.6 Å². The molecule has 1 aromatic carbocycles. The predicted molar refractivity (Wildman–Crippen MR) is 102 cm³/mol. The number of quaternary nitrogens is 1.